The summed E-state index contributed by atoms with van der Waals surface area (Å²) in [6.45, 7) is -2.97. The molecule has 0 aliphatic rings. The number of hydrogen-bond donors (Lipinski definition) is 1. The largest absolute Gasteiger partial charge is 0.435 e. The van der Waals surface area contributed by atoms with Crippen LogP contribution in [0.5, 0.6) is 5.75 Å². The van der Waals surface area contributed by atoms with Crippen molar-refractivity contribution < 1.29 is 27.4 Å². The van der Waals surface area contributed by atoms with E-state index in [1.54, 1.807) is 0 Å². The Bertz CT molecular complexity index is 632. The van der Waals surface area contributed by atoms with E-state index in [0.29, 0.717) is 0 Å². The topological polar surface area (TPSA) is 29.5 Å². The molecule has 0 saturated carbocycles. The number of ether oxygens (including phenoxy) is 1. The van der Waals surface area contributed by atoms with Gasteiger partial charge in [-0.25, -0.2) is 8.78 Å². The van der Waals surface area contributed by atoms with E-state index < -0.39 is 29.9 Å². The third-order valence-electron chi connectivity index (χ3n) is 2.77. The van der Waals surface area contributed by atoms with Crippen molar-refractivity contribution in [2.45, 2.75) is 12.7 Å². The Balaban J connectivity index is 2.32. The number of alkyl halides is 2. The van der Waals surface area contributed by atoms with Crippen LogP contribution in [0.15, 0.2) is 40.9 Å². The van der Waals surface area contributed by atoms with Gasteiger partial charge >= 0.3 is 6.61 Å². The second-order valence-corrected chi connectivity index (χ2v) is 4.96. The van der Waals surface area contributed by atoms with Crippen LogP contribution < -0.4 is 4.74 Å². The lowest BCUT2D eigenvalue weighted by atomic mass is 10.0. The first kappa shape index (κ1) is 15.8. The molecule has 0 saturated heterocycles. The maximum absolute atomic E-state index is 13.9. The summed E-state index contributed by atoms with van der Waals surface area (Å²) in [5.74, 6) is -1.94. The highest BCUT2D eigenvalue weighted by atomic mass is 79.9. The molecule has 21 heavy (non-hydrogen) atoms. The van der Waals surface area contributed by atoms with Crippen molar-refractivity contribution >= 4 is 15.9 Å². The molecule has 112 valence electrons. The van der Waals surface area contributed by atoms with E-state index in [1.165, 1.54) is 30.3 Å². The van der Waals surface area contributed by atoms with Crippen molar-refractivity contribution in [2.75, 3.05) is 0 Å². The molecule has 2 nitrogen and oxygen atoms in total. The van der Waals surface area contributed by atoms with Crippen LogP contribution >= 0.6 is 15.9 Å². The highest BCUT2D eigenvalue weighted by Gasteiger charge is 2.21. The lowest BCUT2D eigenvalue weighted by Crippen LogP contribution is -2.07. The van der Waals surface area contributed by atoms with Crippen molar-refractivity contribution in [1.82, 2.24) is 0 Å². The van der Waals surface area contributed by atoms with Gasteiger partial charge in [-0.1, -0.05) is 12.1 Å². The molecule has 0 bridgehead atoms. The van der Waals surface area contributed by atoms with E-state index in [4.69, 9.17) is 0 Å². The maximum Gasteiger partial charge on any atom is 0.387 e. The van der Waals surface area contributed by atoms with Gasteiger partial charge in [-0.3, -0.25) is 0 Å². The molecule has 0 fully saturated rings. The summed E-state index contributed by atoms with van der Waals surface area (Å²) in [7, 11) is 0. The Morgan fingerprint density at radius 2 is 1.62 bits per heavy atom. The third-order valence-corrected chi connectivity index (χ3v) is 3.39. The number of benzene rings is 2. The van der Waals surface area contributed by atoms with Gasteiger partial charge in [0, 0.05) is 0 Å². The van der Waals surface area contributed by atoms with Crippen molar-refractivity contribution in [3.63, 3.8) is 0 Å². The van der Waals surface area contributed by atoms with Crippen LogP contribution in [-0.2, 0) is 0 Å². The zero-order chi connectivity index (χ0) is 15.6. The summed E-state index contributed by atoms with van der Waals surface area (Å²) in [6.07, 6.45) is -1.57. The normalized spacial score (nSPS) is 12.5. The number of aliphatic hydroxyl groups is 1. The predicted molar refractivity (Wildman–Crippen MR) is 71.2 cm³/mol. The fourth-order valence-electron chi connectivity index (χ4n) is 1.79. The standard InChI is InChI=1S/C14H9BrF4O2/c15-9-5-6-10(16)11(12(9)17)13(20)7-1-3-8(4-2-7)21-14(18)19/h1-6,13-14,20H. The molecule has 1 atom stereocenters. The number of halogens is 5. The van der Waals surface area contributed by atoms with Crippen molar-refractivity contribution in [3.8, 4) is 5.75 Å². The number of aliphatic hydroxyl groups excluding tert-OH is 1. The van der Waals surface area contributed by atoms with Gasteiger partial charge in [-0.15, -0.1) is 0 Å². The second-order valence-electron chi connectivity index (χ2n) is 4.11. The molecule has 1 N–H and O–H groups in total. The van der Waals surface area contributed by atoms with Gasteiger partial charge in [0.25, 0.3) is 0 Å². The van der Waals surface area contributed by atoms with E-state index in [1.807, 2.05) is 0 Å². The average molecular weight is 365 g/mol. The lowest BCUT2D eigenvalue weighted by molar-refractivity contribution is -0.0498. The fraction of sp³-hybridized carbons (Fsp3) is 0.143. The van der Waals surface area contributed by atoms with Gasteiger partial charge in [-0.05, 0) is 45.8 Å². The molecule has 7 heteroatoms. The van der Waals surface area contributed by atoms with E-state index in [2.05, 4.69) is 20.7 Å². The molecule has 2 aromatic carbocycles. The molecular formula is C14H9BrF4O2. The Morgan fingerprint density at radius 1 is 1.00 bits per heavy atom. The minimum absolute atomic E-state index is 0.00982. The van der Waals surface area contributed by atoms with E-state index in [-0.39, 0.29) is 15.8 Å². The Labute approximate surface area is 126 Å². The molecule has 0 radical (unpaired) electrons. The molecule has 0 heterocycles. The molecule has 2 aromatic rings. The van der Waals surface area contributed by atoms with Gasteiger partial charge in [-0.2, -0.15) is 8.78 Å². The van der Waals surface area contributed by atoms with Crippen LogP contribution in [0.4, 0.5) is 17.6 Å². The first-order valence-corrected chi connectivity index (χ1v) is 6.55. The Kier molecular flexibility index (Phi) is 4.84. The number of hydrogen-bond acceptors (Lipinski definition) is 2. The van der Waals surface area contributed by atoms with Gasteiger partial charge in [0.2, 0.25) is 0 Å². The SMILES string of the molecule is OC(c1ccc(OC(F)F)cc1)c1c(F)ccc(Br)c1F. The van der Waals surface area contributed by atoms with Gasteiger partial charge in [0.15, 0.2) is 0 Å². The van der Waals surface area contributed by atoms with Crippen LogP contribution in [0.2, 0.25) is 0 Å². The van der Waals surface area contributed by atoms with E-state index in [9.17, 15) is 22.7 Å². The van der Waals surface area contributed by atoms with E-state index >= 15 is 0 Å². The molecule has 0 aromatic heterocycles. The van der Waals surface area contributed by atoms with Crippen LogP contribution in [0.3, 0.4) is 0 Å². The summed E-state index contributed by atoms with van der Waals surface area (Å²) in [5, 5.41) is 10.1. The number of rotatable bonds is 4. The van der Waals surface area contributed by atoms with Crippen LogP contribution in [0, 0.1) is 11.6 Å². The third kappa shape index (κ3) is 3.54. The summed E-state index contributed by atoms with van der Waals surface area (Å²) in [5.41, 5.74) is -0.376. The molecule has 1 unspecified atom stereocenters. The monoisotopic (exact) mass is 364 g/mol. The molecule has 0 aliphatic heterocycles. The minimum atomic E-state index is -2.97. The maximum atomic E-state index is 13.9. The Morgan fingerprint density at radius 3 is 2.19 bits per heavy atom. The van der Waals surface area contributed by atoms with Gasteiger partial charge in [0.1, 0.15) is 23.5 Å². The molecule has 0 spiro atoms. The van der Waals surface area contributed by atoms with Crippen molar-refractivity contribution in [2.24, 2.45) is 0 Å². The van der Waals surface area contributed by atoms with Crippen LogP contribution in [0.25, 0.3) is 0 Å². The zero-order valence-electron chi connectivity index (χ0n) is 10.4. The van der Waals surface area contributed by atoms with Crippen molar-refractivity contribution in [3.05, 3.63) is 63.6 Å². The predicted octanol–water partition coefficient (Wildman–Crippen LogP) is 4.41. The first-order chi connectivity index (χ1) is 9.90. The second kappa shape index (κ2) is 6.44. The summed E-state index contributed by atoms with van der Waals surface area (Å²) >= 11 is 2.90. The van der Waals surface area contributed by atoms with Crippen LogP contribution in [-0.4, -0.2) is 11.7 Å². The molecule has 0 aliphatic carbocycles. The summed E-state index contributed by atoms with van der Waals surface area (Å²) < 4.78 is 55.8. The molecular weight excluding hydrogens is 356 g/mol. The van der Waals surface area contributed by atoms with E-state index in [0.717, 1.165) is 6.07 Å². The fourth-order valence-corrected chi connectivity index (χ4v) is 2.14. The van der Waals surface area contributed by atoms with Gasteiger partial charge < -0.3 is 9.84 Å². The average Bonchev–Trinajstić information content (AvgIpc) is 2.43. The quantitative estimate of drug-likeness (QED) is 0.643. The first-order valence-electron chi connectivity index (χ1n) is 5.76. The zero-order valence-corrected chi connectivity index (χ0v) is 12.0. The molecule has 0 amide bonds. The van der Waals surface area contributed by atoms with Crippen LogP contribution in [0.1, 0.15) is 17.2 Å². The summed E-state index contributed by atoms with van der Waals surface area (Å²) in [4.78, 5) is 0. The minimum Gasteiger partial charge on any atom is -0.435 e. The van der Waals surface area contributed by atoms with Crippen molar-refractivity contribution in [1.29, 1.82) is 0 Å². The highest BCUT2D eigenvalue weighted by molar-refractivity contribution is 9.10. The summed E-state index contributed by atoms with van der Waals surface area (Å²) in [6, 6.07) is 7.06. The highest BCUT2D eigenvalue weighted by Crippen LogP contribution is 2.31. The smallest absolute Gasteiger partial charge is 0.387 e. The van der Waals surface area contributed by atoms with Gasteiger partial charge in [0.05, 0.1) is 10.0 Å². The molecule has 2 rings (SSSR count). The Hall–Kier alpha value is -1.60. The lowest BCUT2D eigenvalue weighted by Gasteiger charge is -2.14.